The van der Waals surface area contributed by atoms with Gasteiger partial charge in [0, 0.05) is 20.0 Å². The summed E-state index contributed by atoms with van der Waals surface area (Å²) in [5.41, 5.74) is -0.940. The molecule has 0 saturated heterocycles. The van der Waals surface area contributed by atoms with Crippen LogP contribution in [0.5, 0.6) is 0 Å². The number of likely N-dealkylation sites (N-methyl/N-ethyl adjacent to an activating group) is 1. The molecule has 0 heterocycles. The molecule has 0 aliphatic rings. The quantitative estimate of drug-likeness (QED) is 0.699. The molecule has 19 heavy (non-hydrogen) atoms. The van der Waals surface area contributed by atoms with Crippen LogP contribution < -0.4 is 0 Å². The van der Waals surface area contributed by atoms with Crippen LogP contribution in [-0.2, 0) is 14.3 Å². The lowest BCUT2D eigenvalue weighted by Gasteiger charge is -2.28. The van der Waals surface area contributed by atoms with Crippen LogP contribution in [0, 0.1) is 5.41 Å². The molecule has 1 N–H and O–H groups in total. The van der Waals surface area contributed by atoms with Gasteiger partial charge in [0.05, 0.1) is 18.1 Å². The fourth-order valence-corrected chi connectivity index (χ4v) is 1.85. The number of hydrogen-bond acceptors (Lipinski definition) is 3. The van der Waals surface area contributed by atoms with E-state index in [1.165, 1.54) is 0 Å². The summed E-state index contributed by atoms with van der Waals surface area (Å²) < 4.78 is 5.38. The minimum absolute atomic E-state index is 0.0491. The number of amides is 1. The maximum atomic E-state index is 12.1. The Labute approximate surface area is 115 Å². The number of carbonyl (C=O) groups is 2. The van der Waals surface area contributed by atoms with Crippen LogP contribution in [0.25, 0.3) is 0 Å². The number of nitrogens with zero attached hydrogens (tertiary/aromatic N) is 1. The second kappa shape index (κ2) is 8.15. The Balaban J connectivity index is 4.44. The first-order valence-corrected chi connectivity index (χ1v) is 6.88. The second-order valence-electron chi connectivity index (χ2n) is 5.20. The largest absolute Gasteiger partial charge is 0.481 e. The lowest BCUT2D eigenvalue weighted by Crippen LogP contribution is -2.39. The highest BCUT2D eigenvalue weighted by molar-refractivity contribution is 5.84. The zero-order chi connectivity index (χ0) is 15.1. The van der Waals surface area contributed by atoms with Gasteiger partial charge in [0.1, 0.15) is 0 Å². The molecule has 1 amide bonds. The zero-order valence-electron chi connectivity index (χ0n) is 12.7. The molecule has 0 unspecified atom stereocenters. The number of hydrogen-bond donors (Lipinski definition) is 1. The topological polar surface area (TPSA) is 66.8 Å². The highest BCUT2D eigenvalue weighted by Gasteiger charge is 2.37. The number of aliphatic carboxylic acids is 1. The van der Waals surface area contributed by atoms with E-state index in [1.54, 1.807) is 11.9 Å². The highest BCUT2D eigenvalue weighted by atomic mass is 16.5. The molecule has 0 rings (SSSR count). The maximum absolute atomic E-state index is 12.1. The number of rotatable bonds is 9. The van der Waals surface area contributed by atoms with Gasteiger partial charge in [0.2, 0.25) is 5.91 Å². The van der Waals surface area contributed by atoms with Crippen molar-refractivity contribution in [3.8, 4) is 0 Å². The summed E-state index contributed by atoms with van der Waals surface area (Å²) in [6.45, 7) is 8.45. The number of carbonyl (C=O) groups excluding carboxylic acids is 1. The van der Waals surface area contributed by atoms with E-state index in [0.717, 1.165) is 0 Å². The van der Waals surface area contributed by atoms with Crippen LogP contribution in [-0.4, -0.2) is 48.2 Å². The van der Waals surface area contributed by atoms with Gasteiger partial charge in [-0.3, -0.25) is 9.59 Å². The molecule has 0 aromatic heterocycles. The summed E-state index contributed by atoms with van der Waals surface area (Å²) in [7, 11) is 1.68. The molecule has 0 spiro atoms. The molecule has 0 bridgehead atoms. The van der Waals surface area contributed by atoms with Crippen LogP contribution in [0.2, 0.25) is 0 Å². The van der Waals surface area contributed by atoms with Crippen LogP contribution in [0.15, 0.2) is 0 Å². The Bertz CT molecular complexity index is 298. The third-order valence-corrected chi connectivity index (χ3v) is 3.60. The summed E-state index contributed by atoms with van der Waals surface area (Å²) in [6.07, 6.45) is 1.10. The van der Waals surface area contributed by atoms with Gasteiger partial charge in [-0.15, -0.1) is 0 Å². The molecule has 0 aromatic carbocycles. The fraction of sp³-hybridized carbons (Fsp3) is 0.857. The van der Waals surface area contributed by atoms with E-state index in [1.807, 2.05) is 27.7 Å². The van der Waals surface area contributed by atoms with E-state index >= 15 is 0 Å². The van der Waals surface area contributed by atoms with Gasteiger partial charge >= 0.3 is 5.97 Å². The Kier molecular flexibility index (Phi) is 7.68. The van der Waals surface area contributed by atoms with Gasteiger partial charge in [0.25, 0.3) is 0 Å². The second-order valence-corrected chi connectivity index (χ2v) is 5.20. The molecule has 0 saturated carbocycles. The van der Waals surface area contributed by atoms with Gasteiger partial charge in [-0.05, 0) is 26.7 Å². The van der Waals surface area contributed by atoms with Gasteiger partial charge < -0.3 is 14.7 Å². The number of carboxylic acid groups (broad SMARTS) is 1. The van der Waals surface area contributed by atoms with Gasteiger partial charge in [0.15, 0.2) is 0 Å². The molecule has 5 heteroatoms. The smallest absolute Gasteiger partial charge is 0.310 e. The summed E-state index contributed by atoms with van der Waals surface area (Å²) >= 11 is 0. The average molecular weight is 273 g/mol. The van der Waals surface area contributed by atoms with E-state index in [4.69, 9.17) is 4.74 Å². The summed E-state index contributed by atoms with van der Waals surface area (Å²) in [4.78, 5) is 25.0. The first-order valence-electron chi connectivity index (χ1n) is 6.88. The van der Waals surface area contributed by atoms with E-state index in [0.29, 0.717) is 26.0 Å². The van der Waals surface area contributed by atoms with Gasteiger partial charge in [-0.25, -0.2) is 0 Å². The molecular formula is C14H27NO4. The summed E-state index contributed by atoms with van der Waals surface area (Å²) in [5.74, 6) is -1.03. The monoisotopic (exact) mass is 273 g/mol. The maximum Gasteiger partial charge on any atom is 0.310 e. The van der Waals surface area contributed by atoms with E-state index in [9.17, 15) is 14.7 Å². The van der Waals surface area contributed by atoms with Gasteiger partial charge in [-0.2, -0.15) is 0 Å². The molecule has 0 radical (unpaired) electrons. The van der Waals surface area contributed by atoms with E-state index < -0.39 is 11.4 Å². The Hall–Kier alpha value is -1.10. The minimum atomic E-state index is -0.940. The lowest BCUT2D eigenvalue weighted by atomic mass is 9.79. The SMILES string of the molecule is CCC(CC)(CC(=O)N(C)CCOC(C)C)C(=O)O. The van der Waals surface area contributed by atoms with Crippen molar-refractivity contribution in [2.75, 3.05) is 20.2 Å². The molecular weight excluding hydrogens is 246 g/mol. The first-order chi connectivity index (χ1) is 8.79. The molecule has 0 aliphatic heterocycles. The molecule has 0 atom stereocenters. The zero-order valence-corrected chi connectivity index (χ0v) is 12.7. The number of carboxylic acids is 1. The third-order valence-electron chi connectivity index (χ3n) is 3.60. The van der Waals surface area contributed by atoms with Crippen LogP contribution in [0.1, 0.15) is 47.0 Å². The van der Waals surface area contributed by atoms with Crippen LogP contribution in [0.4, 0.5) is 0 Å². The van der Waals surface area contributed by atoms with Crippen molar-refractivity contribution in [1.82, 2.24) is 4.90 Å². The Morgan fingerprint density at radius 1 is 1.26 bits per heavy atom. The molecule has 0 aromatic rings. The van der Waals surface area contributed by atoms with Crippen molar-refractivity contribution in [2.24, 2.45) is 5.41 Å². The molecule has 0 fully saturated rings. The first kappa shape index (κ1) is 17.9. The predicted molar refractivity (Wildman–Crippen MR) is 74.0 cm³/mol. The Morgan fingerprint density at radius 3 is 2.16 bits per heavy atom. The summed E-state index contributed by atoms with van der Waals surface area (Å²) in [5, 5.41) is 9.31. The van der Waals surface area contributed by atoms with E-state index in [-0.39, 0.29) is 18.4 Å². The van der Waals surface area contributed by atoms with Crippen molar-refractivity contribution in [1.29, 1.82) is 0 Å². The standard InChI is InChI=1S/C14H27NO4/c1-6-14(7-2,13(17)18)10-12(16)15(5)8-9-19-11(3)4/h11H,6-10H2,1-5H3,(H,17,18). The Morgan fingerprint density at radius 2 is 1.79 bits per heavy atom. The fourth-order valence-electron chi connectivity index (χ4n) is 1.85. The predicted octanol–water partition coefficient (Wildman–Crippen LogP) is 2.15. The van der Waals surface area contributed by atoms with Gasteiger partial charge in [-0.1, -0.05) is 13.8 Å². The van der Waals surface area contributed by atoms with E-state index in [2.05, 4.69) is 0 Å². The average Bonchev–Trinajstić information content (AvgIpc) is 2.34. The molecule has 5 nitrogen and oxygen atoms in total. The van der Waals surface area contributed by atoms with Crippen molar-refractivity contribution in [3.63, 3.8) is 0 Å². The highest BCUT2D eigenvalue weighted by Crippen LogP contribution is 2.31. The third kappa shape index (κ3) is 5.59. The number of ether oxygens (including phenoxy) is 1. The summed E-state index contributed by atoms with van der Waals surface area (Å²) in [6, 6.07) is 0. The van der Waals surface area contributed by atoms with Crippen LogP contribution >= 0.6 is 0 Å². The lowest BCUT2D eigenvalue weighted by molar-refractivity contribution is -0.154. The van der Waals surface area contributed by atoms with Crippen molar-refractivity contribution in [3.05, 3.63) is 0 Å². The van der Waals surface area contributed by atoms with Crippen molar-refractivity contribution >= 4 is 11.9 Å². The minimum Gasteiger partial charge on any atom is -0.481 e. The van der Waals surface area contributed by atoms with Crippen molar-refractivity contribution in [2.45, 2.75) is 53.1 Å². The normalized spacial score (nSPS) is 11.7. The van der Waals surface area contributed by atoms with Crippen molar-refractivity contribution < 1.29 is 19.4 Å². The van der Waals surface area contributed by atoms with Crippen LogP contribution in [0.3, 0.4) is 0 Å². The molecule has 0 aliphatic carbocycles. The molecule has 112 valence electrons.